The van der Waals surface area contributed by atoms with Crippen LogP contribution in [-0.2, 0) is 0 Å². The van der Waals surface area contributed by atoms with Crippen molar-refractivity contribution in [2.24, 2.45) is 0 Å². The molecular formula is C36H23N3. The normalized spacial score (nSPS) is 11.6. The molecule has 0 N–H and O–H groups in total. The van der Waals surface area contributed by atoms with Gasteiger partial charge in [0.15, 0.2) is 0 Å². The van der Waals surface area contributed by atoms with E-state index in [4.69, 9.17) is 9.97 Å². The Morgan fingerprint density at radius 1 is 0.436 bits per heavy atom. The minimum atomic E-state index is 0.873. The molecule has 0 unspecified atom stereocenters. The van der Waals surface area contributed by atoms with Gasteiger partial charge in [0.1, 0.15) is 0 Å². The van der Waals surface area contributed by atoms with Gasteiger partial charge >= 0.3 is 0 Å². The van der Waals surface area contributed by atoms with Crippen molar-refractivity contribution in [3.05, 3.63) is 140 Å². The SMILES string of the molecule is c1ccc(-c2nc3ccc(-n4c5ccccc5c5c6ccccc6ccc54)cc3nc2-c2ccccc2)cc1. The van der Waals surface area contributed by atoms with Crippen LogP contribution < -0.4 is 0 Å². The molecule has 6 aromatic carbocycles. The van der Waals surface area contributed by atoms with E-state index in [1.54, 1.807) is 0 Å². The Morgan fingerprint density at radius 2 is 1.05 bits per heavy atom. The van der Waals surface area contributed by atoms with Crippen LogP contribution in [0.1, 0.15) is 0 Å². The monoisotopic (exact) mass is 497 g/mol. The molecule has 3 heteroatoms. The molecule has 8 aromatic rings. The highest BCUT2D eigenvalue weighted by Gasteiger charge is 2.17. The van der Waals surface area contributed by atoms with Crippen molar-refractivity contribution in [2.45, 2.75) is 0 Å². The standard InChI is InChI=1S/C36H23N3/c1-3-12-25(13-4-1)35-36(26-14-5-2-6-15-26)38-31-23-27(20-21-30(31)37-35)39-32-18-10-9-17-29(32)34-28-16-8-7-11-24(28)19-22-33(34)39/h1-23H. The Balaban J connectivity index is 1.41. The maximum Gasteiger partial charge on any atom is 0.0973 e. The number of hydrogen-bond acceptors (Lipinski definition) is 2. The zero-order valence-corrected chi connectivity index (χ0v) is 21.1. The van der Waals surface area contributed by atoms with E-state index in [1.807, 2.05) is 24.3 Å². The van der Waals surface area contributed by atoms with Crippen molar-refractivity contribution >= 4 is 43.6 Å². The van der Waals surface area contributed by atoms with E-state index < -0.39 is 0 Å². The smallest absolute Gasteiger partial charge is 0.0973 e. The number of para-hydroxylation sites is 1. The van der Waals surface area contributed by atoms with Crippen LogP contribution in [0.4, 0.5) is 0 Å². The number of hydrogen-bond donors (Lipinski definition) is 0. The van der Waals surface area contributed by atoms with Crippen molar-refractivity contribution in [1.29, 1.82) is 0 Å². The molecule has 0 atom stereocenters. The molecule has 0 bridgehead atoms. The zero-order valence-electron chi connectivity index (χ0n) is 21.1. The van der Waals surface area contributed by atoms with Gasteiger partial charge < -0.3 is 4.57 Å². The summed E-state index contributed by atoms with van der Waals surface area (Å²) in [7, 11) is 0. The number of fused-ring (bicyclic) bond motifs is 6. The van der Waals surface area contributed by atoms with Gasteiger partial charge in [0.05, 0.1) is 33.5 Å². The molecule has 182 valence electrons. The Morgan fingerprint density at radius 3 is 1.79 bits per heavy atom. The summed E-state index contributed by atoms with van der Waals surface area (Å²) in [6.07, 6.45) is 0. The molecule has 0 amide bonds. The summed E-state index contributed by atoms with van der Waals surface area (Å²) < 4.78 is 2.35. The Bertz CT molecular complexity index is 2160. The first-order valence-corrected chi connectivity index (χ1v) is 13.2. The Hall–Kier alpha value is -5.28. The van der Waals surface area contributed by atoms with Crippen LogP contribution in [0.5, 0.6) is 0 Å². The van der Waals surface area contributed by atoms with E-state index in [0.29, 0.717) is 0 Å². The highest BCUT2D eigenvalue weighted by Crippen LogP contribution is 2.38. The van der Waals surface area contributed by atoms with Gasteiger partial charge in [-0.2, -0.15) is 0 Å². The fraction of sp³-hybridized carbons (Fsp3) is 0. The van der Waals surface area contributed by atoms with Crippen LogP contribution in [0, 0.1) is 0 Å². The Kier molecular flexibility index (Phi) is 4.82. The molecule has 0 saturated heterocycles. The highest BCUT2D eigenvalue weighted by atomic mass is 15.0. The maximum absolute atomic E-state index is 5.23. The molecule has 8 rings (SSSR count). The first-order chi connectivity index (χ1) is 19.3. The lowest BCUT2D eigenvalue weighted by Crippen LogP contribution is -1.98. The van der Waals surface area contributed by atoms with E-state index >= 15 is 0 Å². The van der Waals surface area contributed by atoms with E-state index in [0.717, 1.165) is 39.2 Å². The summed E-state index contributed by atoms with van der Waals surface area (Å²) in [5.74, 6) is 0. The summed E-state index contributed by atoms with van der Waals surface area (Å²) in [5.41, 5.74) is 9.09. The molecule has 0 aliphatic rings. The third-order valence-corrected chi connectivity index (χ3v) is 7.56. The van der Waals surface area contributed by atoms with Crippen LogP contribution in [0.25, 0.3) is 71.8 Å². The van der Waals surface area contributed by atoms with Gasteiger partial charge in [0, 0.05) is 27.6 Å². The van der Waals surface area contributed by atoms with E-state index in [9.17, 15) is 0 Å². The van der Waals surface area contributed by atoms with Crippen molar-refractivity contribution < 1.29 is 0 Å². The summed E-state index contributed by atoms with van der Waals surface area (Å²) in [5, 5.41) is 5.04. The van der Waals surface area contributed by atoms with Crippen molar-refractivity contribution in [3.63, 3.8) is 0 Å². The lowest BCUT2D eigenvalue weighted by molar-refractivity contribution is 1.18. The largest absolute Gasteiger partial charge is 0.309 e. The minimum Gasteiger partial charge on any atom is -0.309 e. The van der Waals surface area contributed by atoms with Crippen LogP contribution in [-0.4, -0.2) is 14.5 Å². The van der Waals surface area contributed by atoms with Gasteiger partial charge in [-0.25, -0.2) is 9.97 Å². The molecule has 0 aliphatic carbocycles. The van der Waals surface area contributed by atoms with Crippen LogP contribution in [0.15, 0.2) is 140 Å². The predicted octanol–water partition coefficient (Wildman–Crippen LogP) is 9.21. The van der Waals surface area contributed by atoms with E-state index in [1.165, 1.54) is 32.6 Å². The van der Waals surface area contributed by atoms with Gasteiger partial charge in [-0.3, -0.25) is 0 Å². The number of benzene rings is 6. The fourth-order valence-corrected chi connectivity index (χ4v) is 5.79. The molecular weight excluding hydrogens is 474 g/mol. The van der Waals surface area contributed by atoms with Crippen LogP contribution in [0.3, 0.4) is 0 Å². The molecule has 2 aromatic heterocycles. The highest BCUT2D eigenvalue weighted by molar-refractivity contribution is 6.21. The van der Waals surface area contributed by atoms with Crippen molar-refractivity contribution in [2.75, 3.05) is 0 Å². The minimum absolute atomic E-state index is 0.873. The predicted molar refractivity (Wildman–Crippen MR) is 162 cm³/mol. The molecule has 0 fully saturated rings. The molecule has 0 saturated carbocycles. The van der Waals surface area contributed by atoms with Crippen LogP contribution in [0.2, 0.25) is 0 Å². The van der Waals surface area contributed by atoms with Crippen molar-refractivity contribution in [3.8, 4) is 28.2 Å². The van der Waals surface area contributed by atoms with Crippen molar-refractivity contribution in [1.82, 2.24) is 14.5 Å². The topological polar surface area (TPSA) is 30.7 Å². The van der Waals surface area contributed by atoms with Crippen LogP contribution >= 0.6 is 0 Å². The fourth-order valence-electron chi connectivity index (χ4n) is 5.79. The quantitative estimate of drug-likeness (QED) is 0.244. The lowest BCUT2D eigenvalue weighted by Gasteiger charge is -2.13. The first kappa shape index (κ1) is 21.8. The van der Waals surface area contributed by atoms with Gasteiger partial charge in [-0.05, 0) is 41.1 Å². The average molecular weight is 498 g/mol. The number of nitrogens with zero attached hydrogens (tertiary/aromatic N) is 3. The summed E-state index contributed by atoms with van der Waals surface area (Å²) in [6, 6.07) is 48.8. The lowest BCUT2D eigenvalue weighted by atomic mass is 10.0. The zero-order chi connectivity index (χ0) is 25.8. The number of aromatic nitrogens is 3. The van der Waals surface area contributed by atoms with E-state index in [-0.39, 0.29) is 0 Å². The summed E-state index contributed by atoms with van der Waals surface area (Å²) in [6.45, 7) is 0. The maximum atomic E-state index is 5.23. The second-order valence-corrected chi connectivity index (χ2v) is 9.86. The van der Waals surface area contributed by atoms with Gasteiger partial charge in [0.2, 0.25) is 0 Å². The first-order valence-electron chi connectivity index (χ1n) is 13.2. The van der Waals surface area contributed by atoms with Gasteiger partial charge in [0.25, 0.3) is 0 Å². The summed E-state index contributed by atoms with van der Waals surface area (Å²) >= 11 is 0. The molecule has 0 radical (unpaired) electrons. The Labute approximate surface area is 225 Å². The van der Waals surface area contributed by atoms with Gasteiger partial charge in [-0.15, -0.1) is 0 Å². The molecule has 2 heterocycles. The molecule has 39 heavy (non-hydrogen) atoms. The van der Waals surface area contributed by atoms with E-state index in [2.05, 4.69) is 120 Å². The summed E-state index contributed by atoms with van der Waals surface area (Å²) in [4.78, 5) is 10.4. The third kappa shape index (κ3) is 3.44. The van der Waals surface area contributed by atoms with Gasteiger partial charge in [-0.1, -0.05) is 109 Å². The molecule has 0 aliphatic heterocycles. The number of rotatable bonds is 3. The molecule has 3 nitrogen and oxygen atoms in total. The third-order valence-electron chi connectivity index (χ3n) is 7.56. The second-order valence-electron chi connectivity index (χ2n) is 9.86. The average Bonchev–Trinajstić information content (AvgIpc) is 3.36. The second kappa shape index (κ2) is 8.64. The molecule has 0 spiro atoms.